The quantitative estimate of drug-likeness (QED) is 0.440. The van der Waals surface area contributed by atoms with Crippen LogP contribution in [0, 0.1) is 6.92 Å². The third-order valence-corrected chi connectivity index (χ3v) is 4.88. The standard InChI is InChI=1S/C26H23N3O2/c1-19-7-9-22(10-8-19)24-15-16-25(29-28-24)31-18-17-27-26(30)23-13-11-21(12-14-23)20-5-3-2-4-6-20/h2-16H,17-18H2,1H3,(H,27,30). The van der Waals surface area contributed by atoms with Crippen LogP contribution < -0.4 is 10.1 Å². The van der Waals surface area contributed by atoms with Gasteiger partial charge in [0.25, 0.3) is 5.91 Å². The van der Waals surface area contributed by atoms with E-state index in [0.29, 0.717) is 24.6 Å². The van der Waals surface area contributed by atoms with Gasteiger partial charge in [-0.05, 0) is 36.2 Å². The number of nitrogens with zero attached hydrogens (tertiary/aromatic N) is 2. The van der Waals surface area contributed by atoms with Crippen molar-refractivity contribution in [3.8, 4) is 28.3 Å². The molecule has 1 N–H and O–H groups in total. The first kappa shape index (κ1) is 20.3. The highest BCUT2D eigenvalue weighted by Gasteiger charge is 2.06. The Morgan fingerprint density at radius 1 is 0.774 bits per heavy atom. The maximum atomic E-state index is 12.3. The van der Waals surface area contributed by atoms with E-state index in [1.807, 2.05) is 91.9 Å². The highest BCUT2D eigenvalue weighted by molar-refractivity contribution is 5.94. The molecule has 154 valence electrons. The Morgan fingerprint density at radius 3 is 2.13 bits per heavy atom. The lowest BCUT2D eigenvalue weighted by Gasteiger charge is -2.08. The molecule has 3 aromatic carbocycles. The minimum Gasteiger partial charge on any atom is -0.475 e. The van der Waals surface area contributed by atoms with Crippen molar-refractivity contribution in [3.63, 3.8) is 0 Å². The summed E-state index contributed by atoms with van der Waals surface area (Å²) in [5.41, 5.74) is 5.81. The number of hydrogen-bond acceptors (Lipinski definition) is 4. The summed E-state index contributed by atoms with van der Waals surface area (Å²) in [6, 6.07) is 29.4. The first-order chi connectivity index (χ1) is 15.2. The van der Waals surface area contributed by atoms with Crippen LogP contribution in [0.1, 0.15) is 15.9 Å². The van der Waals surface area contributed by atoms with Gasteiger partial charge in [-0.2, -0.15) is 0 Å². The molecule has 0 spiro atoms. The smallest absolute Gasteiger partial charge is 0.251 e. The zero-order valence-corrected chi connectivity index (χ0v) is 17.3. The lowest BCUT2D eigenvalue weighted by atomic mass is 10.0. The maximum Gasteiger partial charge on any atom is 0.251 e. The summed E-state index contributed by atoms with van der Waals surface area (Å²) in [6.07, 6.45) is 0. The van der Waals surface area contributed by atoms with Crippen LogP contribution in [0.4, 0.5) is 0 Å². The second-order valence-electron chi connectivity index (χ2n) is 7.17. The van der Waals surface area contributed by atoms with Crippen molar-refractivity contribution in [2.45, 2.75) is 6.92 Å². The molecule has 5 nitrogen and oxygen atoms in total. The summed E-state index contributed by atoms with van der Waals surface area (Å²) in [5, 5.41) is 11.2. The van der Waals surface area contributed by atoms with Gasteiger partial charge in [-0.25, -0.2) is 0 Å². The molecular formula is C26H23N3O2. The van der Waals surface area contributed by atoms with Crippen LogP contribution in [0.15, 0.2) is 91.0 Å². The Kier molecular flexibility index (Phi) is 6.33. The average Bonchev–Trinajstić information content (AvgIpc) is 2.83. The minimum atomic E-state index is -0.135. The lowest BCUT2D eigenvalue weighted by molar-refractivity contribution is 0.0946. The topological polar surface area (TPSA) is 64.1 Å². The summed E-state index contributed by atoms with van der Waals surface area (Å²) < 4.78 is 5.59. The second kappa shape index (κ2) is 9.67. The Labute approximate surface area is 181 Å². The van der Waals surface area contributed by atoms with E-state index in [2.05, 4.69) is 15.5 Å². The first-order valence-electron chi connectivity index (χ1n) is 10.2. The van der Waals surface area contributed by atoms with Crippen molar-refractivity contribution in [2.24, 2.45) is 0 Å². The number of ether oxygens (including phenoxy) is 1. The molecule has 1 heterocycles. The van der Waals surface area contributed by atoms with E-state index in [4.69, 9.17) is 4.74 Å². The number of aromatic nitrogens is 2. The summed E-state index contributed by atoms with van der Waals surface area (Å²) in [7, 11) is 0. The largest absolute Gasteiger partial charge is 0.475 e. The Morgan fingerprint density at radius 2 is 1.45 bits per heavy atom. The van der Waals surface area contributed by atoms with E-state index >= 15 is 0 Å². The second-order valence-corrected chi connectivity index (χ2v) is 7.17. The van der Waals surface area contributed by atoms with Crippen molar-refractivity contribution < 1.29 is 9.53 Å². The Balaban J connectivity index is 1.25. The van der Waals surface area contributed by atoms with Gasteiger partial charge < -0.3 is 10.1 Å². The third-order valence-electron chi connectivity index (χ3n) is 4.88. The van der Waals surface area contributed by atoms with Gasteiger partial charge in [0.05, 0.1) is 12.2 Å². The van der Waals surface area contributed by atoms with Gasteiger partial charge in [-0.1, -0.05) is 72.3 Å². The molecule has 4 rings (SSSR count). The van der Waals surface area contributed by atoms with Gasteiger partial charge >= 0.3 is 0 Å². The Bertz CT molecular complexity index is 1120. The maximum absolute atomic E-state index is 12.3. The predicted molar refractivity (Wildman–Crippen MR) is 122 cm³/mol. The van der Waals surface area contributed by atoms with E-state index in [0.717, 1.165) is 22.4 Å². The number of carbonyl (C=O) groups excluding carboxylic acids is 1. The summed E-state index contributed by atoms with van der Waals surface area (Å²) in [4.78, 5) is 12.3. The van der Waals surface area contributed by atoms with Gasteiger partial charge in [0.1, 0.15) is 6.61 Å². The molecule has 0 bridgehead atoms. The van der Waals surface area contributed by atoms with Gasteiger partial charge in [0.2, 0.25) is 5.88 Å². The Hall–Kier alpha value is -3.99. The molecule has 0 aliphatic heterocycles. The molecule has 5 heteroatoms. The predicted octanol–water partition coefficient (Wildman–Crippen LogP) is 4.93. The summed E-state index contributed by atoms with van der Waals surface area (Å²) in [5.74, 6) is 0.293. The van der Waals surface area contributed by atoms with Crippen LogP contribution in [0.3, 0.4) is 0 Å². The number of rotatable bonds is 7. The summed E-state index contributed by atoms with van der Waals surface area (Å²) in [6.45, 7) is 2.73. The highest BCUT2D eigenvalue weighted by atomic mass is 16.5. The number of benzene rings is 3. The number of hydrogen-bond donors (Lipinski definition) is 1. The molecule has 0 aliphatic rings. The van der Waals surface area contributed by atoms with Crippen LogP contribution in [0.5, 0.6) is 5.88 Å². The van der Waals surface area contributed by atoms with Crippen LogP contribution in [-0.2, 0) is 0 Å². The van der Waals surface area contributed by atoms with Gasteiger partial charge in [0.15, 0.2) is 0 Å². The summed E-state index contributed by atoms with van der Waals surface area (Å²) >= 11 is 0. The molecule has 4 aromatic rings. The van der Waals surface area contributed by atoms with Crippen molar-refractivity contribution in [1.82, 2.24) is 15.5 Å². The van der Waals surface area contributed by atoms with E-state index in [1.165, 1.54) is 5.56 Å². The zero-order valence-electron chi connectivity index (χ0n) is 17.3. The van der Waals surface area contributed by atoms with Crippen LogP contribution in [0.25, 0.3) is 22.4 Å². The molecule has 31 heavy (non-hydrogen) atoms. The molecule has 0 saturated carbocycles. The van der Waals surface area contributed by atoms with Gasteiger partial charge in [-0.3, -0.25) is 4.79 Å². The molecule has 1 aromatic heterocycles. The molecule has 0 radical (unpaired) electrons. The number of nitrogens with one attached hydrogen (secondary N) is 1. The monoisotopic (exact) mass is 409 g/mol. The molecule has 0 aliphatic carbocycles. The number of aryl methyl sites for hydroxylation is 1. The van der Waals surface area contributed by atoms with Gasteiger partial charge in [-0.15, -0.1) is 10.2 Å². The molecule has 0 fully saturated rings. The fourth-order valence-electron chi connectivity index (χ4n) is 3.14. The molecule has 1 amide bonds. The highest BCUT2D eigenvalue weighted by Crippen LogP contribution is 2.20. The fourth-order valence-corrected chi connectivity index (χ4v) is 3.14. The molecule has 0 unspecified atom stereocenters. The number of amides is 1. The van der Waals surface area contributed by atoms with Crippen LogP contribution >= 0.6 is 0 Å². The van der Waals surface area contributed by atoms with Gasteiger partial charge in [0, 0.05) is 17.2 Å². The van der Waals surface area contributed by atoms with Crippen molar-refractivity contribution >= 4 is 5.91 Å². The van der Waals surface area contributed by atoms with E-state index < -0.39 is 0 Å². The number of carbonyl (C=O) groups is 1. The van der Waals surface area contributed by atoms with E-state index in [-0.39, 0.29) is 5.91 Å². The van der Waals surface area contributed by atoms with Crippen molar-refractivity contribution in [2.75, 3.05) is 13.2 Å². The minimum absolute atomic E-state index is 0.135. The van der Waals surface area contributed by atoms with E-state index in [9.17, 15) is 4.79 Å². The lowest BCUT2D eigenvalue weighted by Crippen LogP contribution is -2.28. The SMILES string of the molecule is Cc1ccc(-c2ccc(OCCNC(=O)c3ccc(-c4ccccc4)cc3)nn2)cc1. The zero-order chi connectivity index (χ0) is 21.5. The van der Waals surface area contributed by atoms with E-state index in [1.54, 1.807) is 6.07 Å². The molecular weight excluding hydrogens is 386 g/mol. The molecule has 0 atom stereocenters. The average molecular weight is 409 g/mol. The fraction of sp³-hybridized carbons (Fsp3) is 0.115. The molecule has 0 saturated heterocycles. The van der Waals surface area contributed by atoms with Crippen LogP contribution in [-0.4, -0.2) is 29.3 Å². The normalized spacial score (nSPS) is 10.5. The first-order valence-corrected chi connectivity index (χ1v) is 10.2. The van der Waals surface area contributed by atoms with Crippen LogP contribution in [0.2, 0.25) is 0 Å². The third kappa shape index (κ3) is 5.34. The van der Waals surface area contributed by atoms with Crippen molar-refractivity contribution in [1.29, 1.82) is 0 Å². The van der Waals surface area contributed by atoms with Crippen molar-refractivity contribution in [3.05, 3.63) is 102 Å².